The van der Waals surface area contributed by atoms with Gasteiger partial charge in [-0.05, 0) is 42.3 Å². The fourth-order valence-electron chi connectivity index (χ4n) is 1.85. The predicted molar refractivity (Wildman–Crippen MR) is 83.0 cm³/mol. The van der Waals surface area contributed by atoms with Crippen molar-refractivity contribution in [2.75, 3.05) is 12.4 Å². The third kappa shape index (κ3) is 4.11. The summed E-state index contributed by atoms with van der Waals surface area (Å²) in [7, 11) is 1.59. The number of methoxy groups -OCH3 is 1. The summed E-state index contributed by atoms with van der Waals surface area (Å²) in [6.45, 7) is 3.69. The van der Waals surface area contributed by atoms with Crippen molar-refractivity contribution in [2.24, 2.45) is 0 Å². The summed E-state index contributed by atoms with van der Waals surface area (Å²) in [4.78, 5) is 11.9. The van der Waals surface area contributed by atoms with Crippen LogP contribution in [0.25, 0.3) is 0 Å². The number of carbonyl (C=O) groups excluding carboxylic acids is 1. The number of para-hydroxylation sites is 1. The molecule has 0 unspecified atom stereocenters. The Hall–Kier alpha value is -2.75. The topological polar surface area (TPSA) is 47.6 Å². The van der Waals surface area contributed by atoms with Crippen molar-refractivity contribution >= 4 is 11.8 Å². The molecule has 0 saturated carbocycles. The van der Waals surface area contributed by atoms with E-state index in [2.05, 4.69) is 11.9 Å². The van der Waals surface area contributed by atoms with Gasteiger partial charge in [-0.1, -0.05) is 24.3 Å². The van der Waals surface area contributed by atoms with E-state index in [0.29, 0.717) is 17.9 Å². The fourth-order valence-corrected chi connectivity index (χ4v) is 1.85. The second-order valence-corrected chi connectivity index (χ2v) is 4.34. The number of allylic oxidation sites excluding steroid dienone is 1. The highest BCUT2D eigenvalue weighted by molar-refractivity contribution is 5.86. The minimum absolute atomic E-state index is 0.531. The Kier molecular flexibility index (Phi) is 4.99. The first-order valence-electron chi connectivity index (χ1n) is 6.54. The number of hydrogen-bond acceptors (Lipinski definition) is 3. The van der Waals surface area contributed by atoms with Gasteiger partial charge in [-0.15, -0.1) is 6.58 Å². The standard InChI is InChI=1S/C17H17NO3/c1-3-6-13-7-4-5-8-16(13)21-17(19)18-14-9-11-15(20-2)12-10-14/h3-5,7-12H,1,6H2,2H3,(H,18,19). The lowest BCUT2D eigenvalue weighted by molar-refractivity contribution is 0.215. The van der Waals surface area contributed by atoms with Gasteiger partial charge >= 0.3 is 6.09 Å². The molecule has 0 atom stereocenters. The number of rotatable bonds is 5. The van der Waals surface area contributed by atoms with Crippen molar-refractivity contribution in [3.63, 3.8) is 0 Å². The second-order valence-electron chi connectivity index (χ2n) is 4.34. The molecule has 1 N–H and O–H groups in total. The molecule has 0 aliphatic heterocycles. The normalized spacial score (nSPS) is 9.76. The number of amides is 1. The zero-order chi connectivity index (χ0) is 15.1. The zero-order valence-electron chi connectivity index (χ0n) is 11.8. The van der Waals surface area contributed by atoms with Crippen LogP contribution in [0, 0.1) is 0 Å². The Bertz CT molecular complexity index is 620. The van der Waals surface area contributed by atoms with Gasteiger partial charge in [0.25, 0.3) is 0 Å². The molecule has 2 aromatic rings. The molecule has 0 fully saturated rings. The Labute approximate surface area is 124 Å². The maximum atomic E-state index is 11.9. The van der Waals surface area contributed by atoms with E-state index in [1.165, 1.54) is 0 Å². The van der Waals surface area contributed by atoms with Crippen LogP contribution in [0.15, 0.2) is 61.2 Å². The number of ether oxygens (including phenoxy) is 2. The van der Waals surface area contributed by atoms with Crippen molar-refractivity contribution < 1.29 is 14.3 Å². The lowest BCUT2D eigenvalue weighted by Gasteiger charge is -2.10. The van der Waals surface area contributed by atoms with Crippen molar-refractivity contribution in [3.8, 4) is 11.5 Å². The first-order chi connectivity index (χ1) is 10.2. The van der Waals surface area contributed by atoms with Crippen molar-refractivity contribution in [2.45, 2.75) is 6.42 Å². The maximum absolute atomic E-state index is 11.9. The number of nitrogens with one attached hydrogen (secondary N) is 1. The van der Waals surface area contributed by atoms with Gasteiger partial charge in [-0.25, -0.2) is 4.79 Å². The molecule has 0 aliphatic carbocycles. The van der Waals surface area contributed by atoms with Crippen LogP contribution < -0.4 is 14.8 Å². The minimum atomic E-state index is -0.531. The SMILES string of the molecule is C=CCc1ccccc1OC(=O)Nc1ccc(OC)cc1. The van der Waals surface area contributed by atoms with Crippen molar-refractivity contribution in [1.29, 1.82) is 0 Å². The third-order valence-electron chi connectivity index (χ3n) is 2.88. The first kappa shape index (κ1) is 14.7. The molecule has 4 nitrogen and oxygen atoms in total. The van der Waals surface area contributed by atoms with Crippen molar-refractivity contribution in [3.05, 3.63) is 66.7 Å². The summed E-state index contributed by atoms with van der Waals surface area (Å²) < 4.78 is 10.4. The van der Waals surface area contributed by atoms with Crippen LogP contribution in [-0.2, 0) is 6.42 Å². The Balaban J connectivity index is 2.02. The van der Waals surface area contributed by atoms with E-state index in [4.69, 9.17) is 9.47 Å². The Morgan fingerprint density at radius 1 is 1.19 bits per heavy atom. The van der Waals surface area contributed by atoms with Crippen LogP contribution in [0.3, 0.4) is 0 Å². The van der Waals surface area contributed by atoms with Crippen LogP contribution in [0.2, 0.25) is 0 Å². The summed E-state index contributed by atoms with van der Waals surface area (Å²) in [6, 6.07) is 14.4. The third-order valence-corrected chi connectivity index (χ3v) is 2.88. The van der Waals surface area contributed by atoms with E-state index in [1.54, 1.807) is 43.5 Å². The second kappa shape index (κ2) is 7.14. The van der Waals surface area contributed by atoms with E-state index in [9.17, 15) is 4.79 Å². The van der Waals surface area contributed by atoms with E-state index >= 15 is 0 Å². The summed E-state index contributed by atoms with van der Waals surface area (Å²) in [5.74, 6) is 1.26. The molecule has 0 aliphatic rings. The summed E-state index contributed by atoms with van der Waals surface area (Å²) >= 11 is 0. The maximum Gasteiger partial charge on any atom is 0.417 e. The van der Waals surface area contributed by atoms with E-state index in [1.807, 2.05) is 18.2 Å². The van der Waals surface area contributed by atoms with Gasteiger partial charge in [0.1, 0.15) is 11.5 Å². The summed E-state index contributed by atoms with van der Waals surface area (Å²) in [6.07, 6.45) is 1.88. The molecular formula is C17H17NO3. The highest BCUT2D eigenvalue weighted by atomic mass is 16.6. The van der Waals surface area contributed by atoms with Crippen LogP contribution in [0.5, 0.6) is 11.5 Å². The average molecular weight is 283 g/mol. The highest BCUT2D eigenvalue weighted by Crippen LogP contribution is 2.20. The van der Waals surface area contributed by atoms with E-state index < -0.39 is 6.09 Å². The Morgan fingerprint density at radius 2 is 1.90 bits per heavy atom. The smallest absolute Gasteiger partial charge is 0.417 e. The zero-order valence-corrected chi connectivity index (χ0v) is 11.8. The van der Waals surface area contributed by atoms with Gasteiger partial charge in [0.05, 0.1) is 7.11 Å². The fraction of sp³-hybridized carbons (Fsp3) is 0.118. The summed E-state index contributed by atoms with van der Waals surface area (Å²) in [5.41, 5.74) is 1.55. The molecule has 0 aromatic heterocycles. The minimum Gasteiger partial charge on any atom is -0.497 e. The number of carbonyl (C=O) groups is 1. The van der Waals surface area contributed by atoms with Gasteiger partial charge in [0.2, 0.25) is 0 Å². The number of hydrogen-bond donors (Lipinski definition) is 1. The van der Waals surface area contributed by atoms with Gasteiger partial charge in [0, 0.05) is 5.69 Å². The molecule has 1 amide bonds. The van der Waals surface area contributed by atoms with E-state index in [0.717, 1.165) is 11.3 Å². The van der Waals surface area contributed by atoms with Gasteiger partial charge in [-0.3, -0.25) is 5.32 Å². The average Bonchev–Trinajstić information content (AvgIpc) is 2.50. The van der Waals surface area contributed by atoms with Crippen LogP contribution >= 0.6 is 0 Å². The molecule has 0 bridgehead atoms. The quantitative estimate of drug-likeness (QED) is 0.843. The van der Waals surface area contributed by atoms with Gasteiger partial charge < -0.3 is 9.47 Å². The Morgan fingerprint density at radius 3 is 2.57 bits per heavy atom. The molecule has 2 aromatic carbocycles. The molecule has 4 heteroatoms. The largest absolute Gasteiger partial charge is 0.497 e. The lowest BCUT2D eigenvalue weighted by Crippen LogP contribution is -2.17. The van der Waals surface area contributed by atoms with Crippen LogP contribution in [-0.4, -0.2) is 13.2 Å². The van der Waals surface area contributed by atoms with Crippen LogP contribution in [0.1, 0.15) is 5.56 Å². The molecule has 2 rings (SSSR count). The molecule has 21 heavy (non-hydrogen) atoms. The molecule has 0 spiro atoms. The van der Waals surface area contributed by atoms with Crippen LogP contribution in [0.4, 0.5) is 10.5 Å². The van der Waals surface area contributed by atoms with E-state index in [-0.39, 0.29) is 0 Å². The summed E-state index contributed by atoms with van der Waals surface area (Å²) in [5, 5.41) is 2.67. The number of benzene rings is 2. The molecule has 0 radical (unpaired) electrons. The number of anilines is 1. The van der Waals surface area contributed by atoms with Gasteiger partial charge in [-0.2, -0.15) is 0 Å². The molecule has 0 saturated heterocycles. The monoisotopic (exact) mass is 283 g/mol. The predicted octanol–water partition coefficient (Wildman–Crippen LogP) is 4.03. The molecule has 108 valence electrons. The van der Waals surface area contributed by atoms with Crippen molar-refractivity contribution in [1.82, 2.24) is 0 Å². The highest BCUT2D eigenvalue weighted by Gasteiger charge is 2.08. The first-order valence-corrected chi connectivity index (χ1v) is 6.54. The van der Waals surface area contributed by atoms with Gasteiger partial charge in [0.15, 0.2) is 0 Å². The molecular weight excluding hydrogens is 266 g/mol. The molecule has 0 heterocycles. The lowest BCUT2D eigenvalue weighted by atomic mass is 10.1.